The van der Waals surface area contributed by atoms with E-state index in [0.29, 0.717) is 27.8 Å². The van der Waals surface area contributed by atoms with Gasteiger partial charge in [-0.2, -0.15) is 0 Å². The Bertz CT molecular complexity index is 4130. The summed E-state index contributed by atoms with van der Waals surface area (Å²) in [7, 11) is 0. The van der Waals surface area contributed by atoms with Crippen molar-refractivity contribution in [3.8, 4) is 44.5 Å². The first-order valence-corrected chi connectivity index (χ1v) is 18.3. The van der Waals surface area contributed by atoms with Crippen LogP contribution in [0.1, 0.15) is 101 Å². The summed E-state index contributed by atoms with van der Waals surface area (Å²) in [6.07, 6.45) is 0. The van der Waals surface area contributed by atoms with Crippen molar-refractivity contribution >= 4 is 17.1 Å². The fourth-order valence-corrected chi connectivity index (χ4v) is 9.80. The monoisotopic (exact) mass is 736 g/mol. The first kappa shape index (κ1) is 17.6. The van der Waals surface area contributed by atoms with Gasteiger partial charge in [-0.25, -0.2) is 0 Å². The van der Waals surface area contributed by atoms with Crippen LogP contribution in [0.2, 0.25) is 0 Å². The van der Waals surface area contributed by atoms with E-state index in [4.69, 9.17) is 13.7 Å². The van der Waals surface area contributed by atoms with Crippen molar-refractivity contribution < 1.29 is 28.8 Å². The van der Waals surface area contributed by atoms with Gasteiger partial charge in [0, 0.05) is 27.6 Å². The number of rotatable bonds is 3. The molecule has 0 radical (unpaired) electrons. The summed E-state index contributed by atoms with van der Waals surface area (Å²) in [5.41, 5.74) is -4.06. The van der Waals surface area contributed by atoms with Crippen LogP contribution in [0.15, 0.2) is 175 Å². The molecule has 1 spiro atoms. The van der Waals surface area contributed by atoms with Crippen LogP contribution in [0.25, 0.3) is 44.5 Å². The SMILES string of the molecule is [2H]c1cc([2H])c2c(c1)-c1c(N(c3cc4c(c([2H])c3[2H])-c3cc([2H])c([2H])c([2H])c3C4(C)C)c3c([2H])c([2H])cc4c3-c3cc([2H])c([2H])c([2H])c3C4(C)C)ccc([2H])c1C21c2c([2H])c([2H])c([2H])c([2H])c2-c2c([2H])c([2H])c([2H])c([2H])c21. The van der Waals surface area contributed by atoms with E-state index in [1.165, 1.54) is 47.4 Å². The molecule has 0 N–H and O–H groups in total. The third kappa shape index (κ3) is 3.76. The Morgan fingerprint density at radius 2 is 0.929 bits per heavy atom. The van der Waals surface area contributed by atoms with Gasteiger partial charge < -0.3 is 4.90 Å². The molecular formula is C55H41N. The first-order chi connectivity index (χ1) is 36.0. The summed E-state index contributed by atoms with van der Waals surface area (Å²) in [4.78, 5) is 1.43. The zero-order valence-electron chi connectivity index (χ0n) is 51.6. The molecule has 0 aromatic heterocycles. The van der Waals surface area contributed by atoms with Gasteiger partial charge >= 0.3 is 0 Å². The minimum atomic E-state index is -2.33. The van der Waals surface area contributed by atoms with Gasteiger partial charge in [-0.3, -0.25) is 0 Å². The van der Waals surface area contributed by atoms with Crippen LogP contribution in [-0.2, 0) is 16.2 Å². The molecule has 0 aliphatic heterocycles. The van der Waals surface area contributed by atoms with Crippen molar-refractivity contribution in [2.24, 2.45) is 0 Å². The minimum absolute atomic E-state index is 0.00761. The first-order valence-electron chi connectivity index (χ1n) is 28.8. The molecule has 4 aliphatic rings. The van der Waals surface area contributed by atoms with Crippen LogP contribution in [0.3, 0.4) is 0 Å². The van der Waals surface area contributed by atoms with Crippen molar-refractivity contribution in [1.82, 2.24) is 0 Å². The number of hydrogen-bond acceptors (Lipinski definition) is 1. The average molecular weight is 737 g/mol. The van der Waals surface area contributed by atoms with Gasteiger partial charge in [0.25, 0.3) is 0 Å². The van der Waals surface area contributed by atoms with Gasteiger partial charge in [0.1, 0.15) is 0 Å². The Kier molecular flexibility index (Phi) is 3.41. The van der Waals surface area contributed by atoms with E-state index in [-0.39, 0.29) is 133 Å². The molecule has 0 saturated heterocycles. The van der Waals surface area contributed by atoms with E-state index in [9.17, 15) is 15.1 Å². The summed E-state index contributed by atoms with van der Waals surface area (Å²) in [6.45, 7) is 7.10. The van der Waals surface area contributed by atoms with Crippen LogP contribution < -0.4 is 4.90 Å². The highest BCUT2D eigenvalue weighted by Crippen LogP contribution is 2.65. The molecule has 266 valence electrons. The standard InChI is InChI=1S/C55H41N/c1-53(2)42-23-11-8-20-39(42)51-46(53)27-15-29-49(51)56(34-31-32-38-35-17-5-10-22-41(35)54(3,4)48(38)33-34)50-30-16-28-47-52(50)40-21-9-14-26-45(40)55(47)43-24-12-6-18-36(43)37-19-7-13-25-44(37)55/h5-33H,1-4H3/i5D,6D,7D,8D,9D,10D,11D,12D,13D,15D,18D,19D,22D,23D,24D,25D,26D,28D,29D,31D,32D. The minimum Gasteiger partial charge on any atom is -0.309 e. The van der Waals surface area contributed by atoms with Gasteiger partial charge in [-0.1, -0.05) is 179 Å². The highest BCUT2D eigenvalue weighted by Gasteiger charge is 2.52. The van der Waals surface area contributed by atoms with E-state index in [1.807, 2.05) is 0 Å². The zero-order chi connectivity index (χ0) is 55.8. The number of fused-ring (bicyclic) bond motifs is 16. The molecule has 56 heavy (non-hydrogen) atoms. The molecular weight excluding hydrogens is 675 g/mol. The molecule has 1 heteroatoms. The fourth-order valence-electron chi connectivity index (χ4n) is 9.80. The van der Waals surface area contributed by atoms with Crippen molar-refractivity contribution in [2.75, 3.05) is 4.90 Å². The molecule has 0 bridgehead atoms. The Morgan fingerprint density at radius 3 is 1.70 bits per heavy atom. The molecule has 0 heterocycles. The van der Waals surface area contributed by atoms with Crippen molar-refractivity contribution in [3.63, 3.8) is 0 Å². The Morgan fingerprint density at radius 1 is 0.375 bits per heavy atom. The quantitative estimate of drug-likeness (QED) is 0.175. The van der Waals surface area contributed by atoms with E-state index in [0.717, 1.165) is 0 Å². The Labute approximate surface area is 359 Å². The highest BCUT2D eigenvalue weighted by atomic mass is 15.1. The van der Waals surface area contributed by atoms with Crippen molar-refractivity contribution in [3.05, 3.63) is 220 Å². The van der Waals surface area contributed by atoms with Crippen LogP contribution in [0.4, 0.5) is 17.1 Å². The average Bonchev–Trinajstić information content (AvgIpc) is 3.16. The molecule has 4 aliphatic carbocycles. The Balaban J connectivity index is 1.32. The molecule has 8 aromatic carbocycles. The lowest BCUT2D eigenvalue weighted by atomic mass is 9.70. The third-order valence-corrected chi connectivity index (χ3v) is 12.3. The lowest BCUT2D eigenvalue weighted by Crippen LogP contribution is -2.26. The maximum Gasteiger partial charge on any atom is 0.0726 e. The number of anilines is 3. The maximum absolute atomic E-state index is 10.1. The lowest BCUT2D eigenvalue weighted by molar-refractivity contribution is 0.660. The summed E-state index contributed by atoms with van der Waals surface area (Å²) in [5, 5.41) is 0. The van der Waals surface area contributed by atoms with Crippen molar-refractivity contribution in [1.29, 1.82) is 0 Å². The molecule has 12 rings (SSSR count). The molecule has 0 saturated carbocycles. The molecule has 0 amide bonds. The molecule has 0 fully saturated rings. The molecule has 0 atom stereocenters. The maximum atomic E-state index is 10.1. The van der Waals surface area contributed by atoms with Gasteiger partial charge in [0.15, 0.2) is 0 Å². The van der Waals surface area contributed by atoms with Gasteiger partial charge in [0.05, 0.1) is 45.6 Å². The highest BCUT2D eigenvalue weighted by molar-refractivity contribution is 6.04. The number of benzene rings is 8. The largest absolute Gasteiger partial charge is 0.309 e. The topological polar surface area (TPSA) is 3.24 Å². The van der Waals surface area contributed by atoms with Gasteiger partial charge in [0.2, 0.25) is 0 Å². The molecule has 0 unspecified atom stereocenters. The normalized spacial score (nSPS) is 21.2. The fraction of sp³-hybridized carbons (Fsp3) is 0.127. The van der Waals surface area contributed by atoms with Crippen LogP contribution in [0, 0.1) is 0 Å². The second-order valence-corrected chi connectivity index (χ2v) is 15.6. The smallest absolute Gasteiger partial charge is 0.0726 e. The number of nitrogens with zero attached hydrogens (tertiary/aromatic N) is 1. The van der Waals surface area contributed by atoms with Crippen LogP contribution >= 0.6 is 0 Å². The summed E-state index contributed by atoms with van der Waals surface area (Å²) in [5.74, 6) is 0. The van der Waals surface area contributed by atoms with E-state index in [1.54, 1.807) is 33.8 Å². The van der Waals surface area contributed by atoms with Crippen molar-refractivity contribution in [2.45, 2.75) is 43.9 Å². The Hall–Kier alpha value is -6.44. The molecule has 1 nitrogen and oxygen atoms in total. The predicted molar refractivity (Wildman–Crippen MR) is 233 cm³/mol. The number of hydrogen-bond donors (Lipinski definition) is 0. The van der Waals surface area contributed by atoms with E-state index >= 15 is 0 Å². The summed E-state index contributed by atoms with van der Waals surface area (Å²) >= 11 is 0. The van der Waals surface area contributed by atoms with Crippen LogP contribution in [0.5, 0.6) is 0 Å². The van der Waals surface area contributed by atoms with Gasteiger partial charge in [-0.05, 0) is 102 Å². The van der Waals surface area contributed by atoms with Gasteiger partial charge in [-0.15, -0.1) is 0 Å². The third-order valence-electron chi connectivity index (χ3n) is 12.3. The van der Waals surface area contributed by atoms with Crippen LogP contribution in [-0.4, -0.2) is 0 Å². The second-order valence-electron chi connectivity index (χ2n) is 15.6. The summed E-state index contributed by atoms with van der Waals surface area (Å²) < 4.78 is 196. The summed E-state index contributed by atoms with van der Waals surface area (Å²) in [6, 6.07) is 1.07. The molecule has 8 aromatic rings. The predicted octanol–water partition coefficient (Wildman–Crippen LogP) is 14.1. The lowest BCUT2D eigenvalue weighted by Gasteiger charge is -2.33. The van der Waals surface area contributed by atoms with E-state index in [2.05, 4.69) is 0 Å². The second kappa shape index (κ2) is 10.9. The zero-order valence-corrected chi connectivity index (χ0v) is 30.6. The van der Waals surface area contributed by atoms with E-state index < -0.39 is 88.8 Å².